The van der Waals surface area contributed by atoms with E-state index in [9.17, 15) is 14.4 Å². The Labute approximate surface area is 204 Å². The normalized spacial score (nSPS) is 11.9. The predicted molar refractivity (Wildman–Crippen MR) is 134 cm³/mol. The van der Waals surface area contributed by atoms with Crippen molar-refractivity contribution < 1.29 is 24.2 Å². The number of aliphatic carboxylic acids is 1. The molecular formula is C28H28N2O5. The Morgan fingerprint density at radius 1 is 0.886 bits per heavy atom. The van der Waals surface area contributed by atoms with Gasteiger partial charge in [0, 0.05) is 30.3 Å². The molecular weight excluding hydrogens is 444 g/mol. The number of rotatable bonds is 9. The van der Waals surface area contributed by atoms with Crippen LogP contribution >= 0.6 is 0 Å². The van der Waals surface area contributed by atoms with Crippen LogP contribution in [-0.4, -0.2) is 47.7 Å². The molecule has 0 spiro atoms. The second-order valence-electron chi connectivity index (χ2n) is 8.46. The average molecular weight is 473 g/mol. The van der Waals surface area contributed by atoms with Crippen LogP contribution in [0.15, 0.2) is 72.8 Å². The van der Waals surface area contributed by atoms with Gasteiger partial charge in [0.2, 0.25) is 0 Å². The van der Waals surface area contributed by atoms with E-state index in [-0.39, 0.29) is 31.4 Å². The Bertz CT molecular complexity index is 1180. The fourth-order valence-corrected chi connectivity index (χ4v) is 4.45. The van der Waals surface area contributed by atoms with Gasteiger partial charge in [-0.1, -0.05) is 55.5 Å². The largest absolute Gasteiger partial charge is 0.481 e. The SMILES string of the molecule is CCCN(CCC(=O)O)C(=O)c1ccc(NC(=O)OCC2c3ccccc3-c3ccccc32)cc1. The van der Waals surface area contributed by atoms with Gasteiger partial charge in [-0.15, -0.1) is 0 Å². The monoisotopic (exact) mass is 472 g/mol. The second-order valence-corrected chi connectivity index (χ2v) is 8.46. The number of carboxylic acids is 1. The molecule has 1 aliphatic carbocycles. The molecule has 7 heteroatoms. The minimum atomic E-state index is -0.943. The molecule has 1 aliphatic rings. The van der Waals surface area contributed by atoms with Crippen LogP contribution < -0.4 is 5.32 Å². The molecule has 2 N–H and O–H groups in total. The van der Waals surface area contributed by atoms with Crippen LogP contribution in [0.25, 0.3) is 11.1 Å². The molecule has 7 nitrogen and oxygen atoms in total. The molecule has 4 rings (SSSR count). The number of anilines is 1. The third kappa shape index (κ3) is 5.51. The van der Waals surface area contributed by atoms with Gasteiger partial charge in [-0.2, -0.15) is 0 Å². The molecule has 0 aliphatic heterocycles. The molecule has 3 aromatic rings. The minimum Gasteiger partial charge on any atom is -0.481 e. The number of carbonyl (C=O) groups is 3. The number of carbonyl (C=O) groups excluding carboxylic acids is 2. The van der Waals surface area contributed by atoms with E-state index < -0.39 is 12.1 Å². The van der Waals surface area contributed by atoms with Crippen molar-refractivity contribution in [1.82, 2.24) is 4.90 Å². The smallest absolute Gasteiger partial charge is 0.411 e. The van der Waals surface area contributed by atoms with Crippen molar-refractivity contribution >= 4 is 23.7 Å². The maximum absolute atomic E-state index is 12.8. The van der Waals surface area contributed by atoms with Crippen LogP contribution in [0.3, 0.4) is 0 Å². The summed E-state index contributed by atoms with van der Waals surface area (Å²) in [7, 11) is 0. The summed E-state index contributed by atoms with van der Waals surface area (Å²) in [4.78, 5) is 37.7. The summed E-state index contributed by atoms with van der Waals surface area (Å²) in [6.07, 6.45) is 0.0555. The quantitative estimate of drug-likeness (QED) is 0.436. The van der Waals surface area contributed by atoms with Gasteiger partial charge in [-0.05, 0) is 52.9 Å². The molecule has 0 radical (unpaired) electrons. The zero-order valence-corrected chi connectivity index (χ0v) is 19.6. The Morgan fingerprint density at radius 3 is 2.06 bits per heavy atom. The lowest BCUT2D eigenvalue weighted by Crippen LogP contribution is -2.33. The zero-order valence-electron chi connectivity index (χ0n) is 19.6. The minimum absolute atomic E-state index is 0.0245. The van der Waals surface area contributed by atoms with Crippen molar-refractivity contribution in [2.75, 3.05) is 25.0 Å². The number of amides is 2. The van der Waals surface area contributed by atoms with Gasteiger partial charge in [0.1, 0.15) is 6.61 Å². The van der Waals surface area contributed by atoms with Crippen LogP contribution in [0.4, 0.5) is 10.5 Å². The Morgan fingerprint density at radius 2 is 1.49 bits per heavy atom. The lowest BCUT2D eigenvalue weighted by Gasteiger charge is -2.21. The van der Waals surface area contributed by atoms with Crippen LogP contribution in [0, 0.1) is 0 Å². The summed E-state index contributed by atoms with van der Waals surface area (Å²) in [5.41, 5.74) is 5.55. The van der Waals surface area contributed by atoms with E-state index >= 15 is 0 Å². The molecule has 0 aromatic heterocycles. The van der Waals surface area contributed by atoms with Crippen LogP contribution in [-0.2, 0) is 9.53 Å². The third-order valence-corrected chi connectivity index (χ3v) is 6.10. The fourth-order valence-electron chi connectivity index (χ4n) is 4.45. The molecule has 180 valence electrons. The maximum Gasteiger partial charge on any atom is 0.411 e. The highest BCUT2D eigenvalue weighted by Crippen LogP contribution is 2.44. The molecule has 0 saturated carbocycles. The molecule has 0 fully saturated rings. The molecule has 2 amide bonds. The van der Waals surface area contributed by atoms with E-state index in [0.717, 1.165) is 28.7 Å². The number of carboxylic acid groups (broad SMARTS) is 1. The Balaban J connectivity index is 1.36. The van der Waals surface area contributed by atoms with Gasteiger partial charge in [-0.25, -0.2) is 4.79 Å². The highest BCUT2D eigenvalue weighted by molar-refractivity contribution is 5.95. The summed E-state index contributed by atoms with van der Waals surface area (Å²) in [5.74, 6) is -1.20. The van der Waals surface area contributed by atoms with E-state index in [1.54, 1.807) is 24.3 Å². The zero-order chi connectivity index (χ0) is 24.8. The van der Waals surface area contributed by atoms with Crippen LogP contribution in [0.5, 0.6) is 0 Å². The first-order chi connectivity index (χ1) is 17.0. The highest BCUT2D eigenvalue weighted by Gasteiger charge is 2.29. The lowest BCUT2D eigenvalue weighted by molar-refractivity contribution is -0.137. The number of fused-ring (bicyclic) bond motifs is 3. The van der Waals surface area contributed by atoms with Gasteiger partial charge in [-0.3, -0.25) is 14.9 Å². The first-order valence-corrected chi connectivity index (χ1v) is 11.7. The van der Waals surface area contributed by atoms with Crippen molar-refractivity contribution in [3.63, 3.8) is 0 Å². The first-order valence-electron chi connectivity index (χ1n) is 11.7. The highest BCUT2D eigenvalue weighted by atomic mass is 16.5. The fraction of sp³-hybridized carbons (Fsp3) is 0.250. The Hall–Kier alpha value is -4.13. The number of hydrogen-bond donors (Lipinski definition) is 2. The van der Waals surface area contributed by atoms with E-state index in [2.05, 4.69) is 29.6 Å². The van der Waals surface area contributed by atoms with E-state index in [1.807, 2.05) is 31.2 Å². The lowest BCUT2D eigenvalue weighted by atomic mass is 9.98. The molecule has 0 unspecified atom stereocenters. The summed E-state index contributed by atoms with van der Waals surface area (Å²) < 4.78 is 5.57. The van der Waals surface area contributed by atoms with Gasteiger partial charge < -0.3 is 14.7 Å². The standard InChI is InChI=1S/C28H28N2O5/c1-2-16-30(17-15-26(31)32)27(33)19-11-13-20(14-12-19)29-28(34)35-18-25-23-9-5-3-7-21(23)22-8-4-6-10-24(22)25/h3-14,25H,2,15-18H2,1H3,(H,29,34)(H,31,32). The Kier molecular flexibility index (Phi) is 7.45. The van der Waals surface area contributed by atoms with Crippen molar-refractivity contribution in [2.45, 2.75) is 25.7 Å². The van der Waals surface area contributed by atoms with E-state index in [4.69, 9.17) is 9.84 Å². The van der Waals surface area contributed by atoms with Gasteiger partial charge in [0.15, 0.2) is 0 Å². The van der Waals surface area contributed by atoms with Crippen molar-refractivity contribution in [3.05, 3.63) is 89.5 Å². The van der Waals surface area contributed by atoms with Crippen LogP contribution in [0.2, 0.25) is 0 Å². The van der Waals surface area contributed by atoms with Crippen LogP contribution in [0.1, 0.15) is 47.2 Å². The number of nitrogens with one attached hydrogen (secondary N) is 1. The molecule has 3 aromatic carbocycles. The van der Waals surface area contributed by atoms with Gasteiger partial charge in [0.05, 0.1) is 6.42 Å². The molecule has 0 heterocycles. The van der Waals surface area contributed by atoms with Crippen molar-refractivity contribution in [3.8, 4) is 11.1 Å². The van der Waals surface area contributed by atoms with Gasteiger partial charge in [0.25, 0.3) is 5.91 Å². The first kappa shape index (κ1) is 24.0. The maximum atomic E-state index is 12.8. The summed E-state index contributed by atoms with van der Waals surface area (Å²) in [6.45, 7) is 2.78. The number of hydrogen-bond acceptors (Lipinski definition) is 4. The average Bonchev–Trinajstić information content (AvgIpc) is 3.19. The molecule has 35 heavy (non-hydrogen) atoms. The van der Waals surface area contributed by atoms with E-state index in [0.29, 0.717) is 17.8 Å². The summed E-state index contributed by atoms with van der Waals surface area (Å²) in [5, 5.41) is 11.6. The molecule has 0 saturated heterocycles. The molecule has 0 bridgehead atoms. The van der Waals surface area contributed by atoms with Crippen molar-refractivity contribution in [2.24, 2.45) is 0 Å². The molecule has 0 atom stereocenters. The number of nitrogens with zero attached hydrogens (tertiary/aromatic N) is 1. The predicted octanol–water partition coefficient (Wildman–Crippen LogP) is 5.37. The van der Waals surface area contributed by atoms with Gasteiger partial charge >= 0.3 is 12.1 Å². The second kappa shape index (κ2) is 10.9. The number of benzene rings is 3. The topological polar surface area (TPSA) is 95.9 Å². The summed E-state index contributed by atoms with van der Waals surface area (Å²) in [6, 6.07) is 22.8. The third-order valence-electron chi connectivity index (χ3n) is 6.10. The van der Waals surface area contributed by atoms with Crippen molar-refractivity contribution in [1.29, 1.82) is 0 Å². The summed E-state index contributed by atoms with van der Waals surface area (Å²) >= 11 is 0. The van der Waals surface area contributed by atoms with E-state index in [1.165, 1.54) is 4.90 Å². The number of ether oxygens (including phenoxy) is 1.